The molecule has 0 fully saturated rings. The van der Waals surface area contributed by atoms with Crippen molar-refractivity contribution >= 4 is 12.1 Å². The molecule has 7 heteroatoms. The zero-order valence-corrected chi connectivity index (χ0v) is 18.1. The predicted octanol–water partition coefficient (Wildman–Crippen LogP) is 4.96. The van der Waals surface area contributed by atoms with Gasteiger partial charge in [0.25, 0.3) is 0 Å². The number of hydrogen-bond donors (Lipinski definition) is 1. The summed E-state index contributed by atoms with van der Waals surface area (Å²) in [6.07, 6.45) is -1.07. The molecular formula is C26H24FNO5. The molecule has 0 aliphatic carbocycles. The van der Waals surface area contributed by atoms with E-state index in [1.165, 1.54) is 25.1 Å². The highest BCUT2D eigenvalue weighted by Gasteiger charge is 2.35. The van der Waals surface area contributed by atoms with Crippen LogP contribution in [0.4, 0.5) is 9.18 Å². The highest BCUT2D eigenvalue weighted by Crippen LogP contribution is 2.40. The summed E-state index contributed by atoms with van der Waals surface area (Å²) in [6, 6.07) is 20.1. The molecule has 170 valence electrons. The maximum absolute atomic E-state index is 14.4. The predicted molar refractivity (Wildman–Crippen MR) is 119 cm³/mol. The molecule has 1 aliphatic heterocycles. The summed E-state index contributed by atoms with van der Waals surface area (Å²) in [5, 5.41) is 9.29. The Morgan fingerprint density at radius 2 is 1.79 bits per heavy atom. The molecule has 1 heterocycles. The number of benzene rings is 3. The maximum Gasteiger partial charge on any atom is 0.410 e. The number of aliphatic carboxylic acids is 1. The van der Waals surface area contributed by atoms with E-state index in [0.29, 0.717) is 18.5 Å². The fourth-order valence-corrected chi connectivity index (χ4v) is 3.98. The van der Waals surface area contributed by atoms with Crippen molar-refractivity contribution in [2.75, 3.05) is 6.54 Å². The monoisotopic (exact) mass is 449 g/mol. The van der Waals surface area contributed by atoms with Crippen molar-refractivity contribution in [3.63, 3.8) is 0 Å². The maximum atomic E-state index is 14.4. The Kier molecular flexibility index (Phi) is 6.58. The molecule has 1 aliphatic rings. The first-order chi connectivity index (χ1) is 15.9. The summed E-state index contributed by atoms with van der Waals surface area (Å²) in [5.74, 6) is -1.46. The number of amides is 1. The Balaban J connectivity index is 1.71. The van der Waals surface area contributed by atoms with Gasteiger partial charge in [-0.15, -0.1) is 0 Å². The lowest BCUT2D eigenvalue weighted by Gasteiger charge is -2.37. The molecule has 0 bridgehead atoms. The van der Waals surface area contributed by atoms with Crippen molar-refractivity contribution < 1.29 is 28.6 Å². The molecule has 1 amide bonds. The minimum atomic E-state index is -1.15. The lowest BCUT2D eigenvalue weighted by molar-refractivity contribution is -0.144. The molecule has 3 aromatic carbocycles. The van der Waals surface area contributed by atoms with E-state index in [-0.39, 0.29) is 12.4 Å². The zero-order chi connectivity index (χ0) is 23.4. The highest BCUT2D eigenvalue weighted by molar-refractivity contribution is 5.73. The summed E-state index contributed by atoms with van der Waals surface area (Å²) in [6.45, 7) is 1.86. The standard InChI is InChI=1S/C26H24FNO5/c1-17(25(29)30)33-23-12-11-20(27)15-22(23)24-21-10-6-5-9-19(21)13-14-28(24)26(31)32-16-18-7-3-2-4-8-18/h2-12,15,17,24H,13-14,16H2,1H3,(H,29,30)/t17-,24?/m1/s1. The van der Waals surface area contributed by atoms with Gasteiger partial charge in [-0.05, 0) is 48.2 Å². The SMILES string of the molecule is C[C@@H](Oc1ccc(F)cc1C1c2ccccc2CCN1C(=O)OCc1ccccc1)C(=O)O. The van der Waals surface area contributed by atoms with Crippen molar-refractivity contribution in [1.29, 1.82) is 0 Å². The fourth-order valence-electron chi connectivity index (χ4n) is 3.98. The van der Waals surface area contributed by atoms with Gasteiger partial charge in [0.1, 0.15) is 18.2 Å². The molecule has 3 aromatic rings. The van der Waals surface area contributed by atoms with Crippen molar-refractivity contribution in [2.45, 2.75) is 32.1 Å². The van der Waals surface area contributed by atoms with Crippen LogP contribution in [0.1, 0.15) is 35.2 Å². The lowest BCUT2D eigenvalue weighted by Crippen LogP contribution is -2.41. The highest BCUT2D eigenvalue weighted by atomic mass is 19.1. The van der Waals surface area contributed by atoms with Gasteiger partial charge in [-0.1, -0.05) is 54.6 Å². The van der Waals surface area contributed by atoms with Crippen LogP contribution in [0.15, 0.2) is 72.8 Å². The van der Waals surface area contributed by atoms with Gasteiger partial charge < -0.3 is 14.6 Å². The summed E-state index contributed by atoms with van der Waals surface area (Å²) in [4.78, 5) is 26.1. The van der Waals surface area contributed by atoms with E-state index in [1.807, 2.05) is 54.6 Å². The number of carboxylic acid groups (broad SMARTS) is 1. The number of fused-ring (bicyclic) bond motifs is 1. The van der Waals surface area contributed by atoms with Gasteiger partial charge >= 0.3 is 12.1 Å². The molecule has 4 rings (SSSR count). The number of hydrogen-bond acceptors (Lipinski definition) is 4. The average Bonchev–Trinajstić information content (AvgIpc) is 2.83. The second-order valence-corrected chi connectivity index (χ2v) is 7.87. The molecule has 0 radical (unpaired) electrons. The Labute approximate surface area is 191 Å². The molecule has 0 aromatic heterocycles. The van der Waals surface area contributed by atoms with Crippen molar-refractivity contribution in [3.05, 3.63) is 101 Å². The second-order valence-electron chi connectivity index (χ2n) is 7.87. The van der Waals surface area contributed by atoms with E-state index < -0.39 is 30.0 Å². The van der Waals surface area contributed by atoms with Crippen LogP contribution < -0.4 is 4.74 Å². The first-order valence-corrected chi connectivity index (χ1v) is 10.7. The van der Waals surface area contributed by atoms with Crippen molar-refractivity contribution in [2.24, 2.45) is 0 Å². The molecule has 0 saturated heterocycles. The summed E-state index contributed by atoms with van der Waals surface area (Å²) in [7, 11) is 0. The van der Waals surface area contributed by atoms with E-state index in [0.717, 1.165) is 16.7 Å². The van der Waals surface area contributed by atoms with E-state index >= 15 is 0 Å². The van der Waals surface area contributed by atoms with Gasteiger partial charge in [-0.3, -0.25) is 4.90 Å². The molecule has 1 N–H and O–H groups in total. The fraction of sp³-hybridized carbons (Fsp3) is 0.231. The molecule has 1 unspecified atom stereocenters. The van der Waals surface area contributed by atoms with E-state index in [2.05, 4.69) is 0 Å². The Morgan fingerprint density at radius 3 is 2.55 bits per heavy atom. The van der Waals surface area contributed by atoms with Gasteiger partial charge in [-0.25, -0.2) is 14.0 Å². The molecule has 0 saturated carbocycles. The molecule has 33 heavy (non-hydrogen) atoms. The van der Waals surface area contributed by atoms with E-state index in [1.54, 1.807) is 4.90 Å². The molecule has 6 nitrogen and oxygen atoms in total. The van der Waals surface area contributed by atoms with E-state index in [4.69, 9.17) is 9.47 Å². The minimum absolute atomic E-state index is 0.104. The number of carbonyl (C=O) groups excluding carboxylic acids is 1. The quantitative estimate of drug-likeness (QED) is 0.576. The zero-order valence-electron chi connectivity index (χ0n) is 18.1. The van der Waals surface area contributed by atoms with Crippen LogP contribution in [-0.4, -0.2) is 34.7 Å². The minimum Gasteiger partial charge on any atom is -0.479 e. The summed E-state index contributed by atoms with van der Waals surface area (Å²) in [5.41, 5.74) is 3.06. The van der Waals surface area contributed by atoms with Gasteiger partial charge in [0.05, 0.1) is 6.04 Å². The first kappa shape index (κ1) is 22.3. The molecule has 0 spiro atoms. The largest absolute Gasteiger partial charge is 0.479 e. The number of ether oxygens (including phenoxy) is 2. The van der Waals surface area contributed by atoms with Crippen LogP contribution in [0.5, 0.6) is 5.75 Å². The summed E-state index contributed by atoms with van der Waals surface area (Å²) >= 11 is 0. The van der Waals surface area contributed by atoms with Crippen LogP contribution in [-0.2, 0) is 22.6 Å². The normalized spacial score (nSPS) is 15.9. The second kappa shape index (κ2) is 9.73. The third-order valence-electron chi connectivity index (χ3n) is 5.64. The Morgan fingerprint density at radius 1 is 1.06 bits per heavy atom. The number of carboxylic acids is 1. The number of nitrogens with zero attached hydrogens (tertiary/aromatic N) is 1. The molecular weight excluding hydrogens is 425 g/mol. The average molecular weight is 449 g/mol. The number of halogens is 1. The van der Waals surface area contributed by atoms with Gasteiger partial charge in [0, 0.05) is 12.1 Å². The van der Waals surface area contributed by atoms with Gasteiger partial charge in [0.15, 0.2) is 6.10 Å². The van der Waals surface area contributed by atoms with Gasteiger partial charge in [0.2, 0.25) is 0 Å². The third-order valence-corrected chi connectivity index (χ3v) is 5.64. The van der Waals surface area contributed by atoms with Crippen LogP contribution in [0.2, 0.25) is 0 Å². The van der Waals surface area contributed by atoms with Crippen LogP contribution in [0.25, 0.3) is 0 Å². The topological polar surface area (TPSA) is 76.1 Å². The molecule has 2 atom stereocenters. The Hall–Kier alpha value is -3.87. The summed E-state index contributed by atoms with van der Waals surface area (Å²) < 4.78 is 25.6. The smallest absolute Gasteiger partial charge is 0.410 e. The van der Waals surface area contributed by atoms with Crippen LogP contribution in [0, 0.1) is 5.82 Å². The Bertz CT molecular complexity index is 1150. The number of rotatable bonds is 6. The van der Waals surface area contributed by atoms with E-state index in [9.17, 15) is 19.1 Å². The van der Waals surface area contributed by atoms with Crippen molar-refractivity contribution in [3.8, 4) is 5.75 Å². The van der Waals surface area contributed by atoms with Crippen molar-refractivity contribution in [1.82, 2.24) is 4.90 Å². The lowest BCUT2D eigenvalue weighted by atomic mass is 9.88. The third kappa shape index (κ3) is 4.98. The number of carbonyl (C=O) groups is 2. The van der Waals surface area contributed by atoms with Crippen LogP contribution in [0.3, 0.4) is 0 Å². The van der Waals surface area contributed by atoms with Gasteiger partial charge in [-0.2, -0.15) is 0 Å². The first-order valence-electron chi connectivity index (χ1n) is 10.7. The van der Waals surface area contributed by atoms with Crippen LogP contribution >= 0.6 is 0 Å².